The lowest BCUT2D eigenvalue weighted by Gasteiger charge is -2.05. The fraction of sp³-hybridized carbons (Fsp3) is 0.238. The van der Waals surface area contributed by atoms with Crippen LogP contribution in [0.3, 0.4) is 0 Å². The standard InChI is InChI=1S/C21H22BrN5OS/c1-14(2)16-9-7-15(8-10-16)12-23-24-19(28)13-29-21-26-25-20(27(21)3)17-5-4-6-18(22)11-17/h4-12,14H,13H2,1-3H3,(H,24,28). The van der Waals surface area contributed by atoms with Crippen LogP contribution in [0.1, 0.15) is 30.9 Å². The molecule has 3 rings (SSSR count). The van der Waals surface area contributed by atoms with Crippen LogP contribution in [0, 0.1) is 0 Å². The molecule has 2 aromatic carbocycles. The first-order valence-electron chi connectivity index (χ1n) is 9.14. The van der Waals surface area contributed by atoms with Crippen molar-refractivity contribution in [1.29, 1.82) is 0 Å². The van der Waals surface area contributed by atoms with Crippen molar-refractivity contribution in [1.82, 2.24) is 20.2 Å². The van der Waals surface area contributed by atoms with E-state index in [4.69, 9.17) is 0 Å². The van der Waals surface area contributed by atoms with Gasteiger partial charge < -0.3 is 4.57 Å². The van der Waals surface area contributed by atoms with Crippen molar-refractivity contribution in [2.24, 2.45) is 12.1 Å². The molecule has 0 radical (unpaired) electrons. The fourth-order valence-electron chi connectivity index (χ4n) is 2.63. The van der Waals surface area contributed by atoms with Gasteiger partial charge in [-0.15, -0.1) is 10.2 Å². The molecule has 29 heavy (non-hydrogen) atoms. The molecule has 0 bridgehead atoms. The van der Waals surface area contributed by atoms with E-state index in [2.05, 4.69) is 62.6 Å². The minimum atomic E-state index is -0.197. The summed E-state index contributed by atoms with van der Waals surface area (Å²) in [5.74, 6) is 1.24. The number of nitrogens with zero attached hydrogens (tertiary/aromatic N) is 4. The summed E-state index contributed by atoms with van der Waals surface area (Å²) in [6, 6.07) is 16.0. The Kier molecular flexibility index (Phi) is 7.22. The highest BCUT2D eigenvalue weighted by Crippen LogP contribution is 2.24. The summed E-state index contributed by atoms with van der Waals surface area (Å²) in [6.07, 6.45) is 1.64. The highest BCUT2D eigenvalue weighted by molar-refractivity contribution is 9.10. The van der Waals surface area contributed by atoms with Gasteiger partial charge in [-0.3, -0.25) is 4.79 Å². The maximum Gasteiger partial charge on any atom is 0.250 e. The molecule has 150 valence electrons. The van der Waals surface area contributed by atoms with Gasteiger partial charge in [-0.1, -0.05) is 77.9 Å². The van der Waals surface area contributed by atoms with E-state index in [-0.39, 0.29) is 11.7 Å². The number of carbonyl (C=O) groups excluding carboxylic acids is 1. The molecule has 8 heteroatoms. The lowest BCUT2D eigenvalue weighted by molar-refractivity contribution is -0.118. The Hall–Kier alpha value is -2.45. The van der Waals surface area contributed by atoms with Gasteiger partial charge in [0.2, 0.25) is 0 Å². The Bertz CT molecular complexity index is 1010. The van der Waals surface area contributed by atoms with Crippen LogP contribution in [0.25, 0.3) is 11.4 Å². The van der Waals surface area contributed by atoms with Gasteiger partial charge in [0.25, 0.3) is 5.91 Å². The highest BCUT2D eigenvalue weighted by atomic mass is 79.9. The Balaban J connectivity index is 1.53. The van der Waals surface area contributed by atoms with Gasteiger partial charge in [0, 0.05) is 17.1 Å². The Morgan fingerprint density at radius 3 is 2.69 bits per heavy atom. The molecule has 0 fully saturated rings. The second-order valence-electron chi connectivity index (χ2n) is 6.78. The summed E-state index contributed by atoms with van der Waals surface area (Å²) in [7, 11) is 1.88. The number of thioether (sulfide) groups is 1. The number of benzene rings is 2. The zero-order valence-corrected chi connectivity index (χ0v) is 18.9. The van der Waals surface area contributed by atoms with Crippen molar-refractivity contribution in [2.45, 2.75) is 24.9 Å². The number of aromatic nitrogens is 3. The Morgan fingerprint density at radius 1 is 1.24 bits per heavy atom. The number of halogens is 1. The smallest absolute Gasteiger partial charge is 0.250 e. The molecule has 0 atom stereocenters. The number of nitrogens with one attached hydrogen (secondary N) is 1. The normalized spacial score (nSPS) is 11.3. The van der Waals surface area contributed by atoms with Crippen LogP contribution in [0.2, 0.25) is 0 Å². The lowest BCUT2D eigenvalue weighted by atomic mass is 10.0. The maximum atomic E-state index is 12.1. The van der Waals surface area contributed by atoms with Crippen molar-refractivity contribution < 1.29 is 4.79 Å². The molecule has 1 N–H and O–H groups in total. The predicted octanol–water partition coefficient (Wildman–Crippen LogP) is 4.61. The second kappa shape index (κ2) is 9.84. The lowest BCUT2D eigenvalue weighted by Crippen LogP contribution is -2.19. The van der Waals surface area contributed by atoms with Crippen LogP contribution in [0.5, 0.6) is 0 Å². The van der Waals surface area contributed by atoms with E-state index in [1.54, 1.807) is 6.21 Å². The van der Waals surface area contributed by atoms with E-state index in [1.807, 2.05) is 48.0 Å². The predicted molar refractivity (Wildman–Crippen MR) is 121 cm³/mol. The van der Waals surface area contributed by atoms with E-state index < -0.39 is 0 Å². The SMILES string of the molecule is CC(C)c1ccc(C=NNC(=O)CSc2nnc(-c3cccc(Br)c3)n2C)cc1. The summed E-state index contributed by atoms with van der Waals surface area (Å²) in [6.45, 7) is 4.31. The van der Waals surface area contributed by atoms with Crippen molar-refractivity contribution in [3.8, 4) is 11.4 Å². The van der Waals surface area contributed by atoms with Gasteiger partial charge in [-0.25, -0.2) is 5.43 Å². The number of carbonyl (C=O) groups is 1. The molecule has 1 aromatic heterocycles. The summed E-state index contributed by atoms with van der Waals surface area (Å²) >= 11 is 4.78. The van der Waals surface area contributed by atoms with Gasteiger partial charge in [0.15, 0.2) is 11.0 Å². The summed E-state index contributed by atoms with van der Waals surface area (Å²) < 4.78 is 2.85. The van der Waals surface area contributed by atoms with Crippen molar-refractivity contribution in [3.63, 3.8) is 0 Å². The quantitative estimate of drug-likeness (QED) is 0.310. The third-order valence-electron chi connectivity index (χ3n) is 4.26. The number of amides is 1. The fourth-order valence-corrected chi connectivity index (χ4v) is 3.73. The third-order valence-corrected chi connectivity index (χ3v) is 5.77. The van der Waals surface area contributed by atoms with Crippen LogP contribution in [0.4, 0.5) is 0 Å². The second-order valence-corrected chi connectivity index (χ2v) is 8.64. The summed E-state index contributed by atoms with van der Waals surface area (Å²) in [5.41, 5.74) is 5.72. The highest BCUT2D eigenvalue weighted by Gasteiger charge is 2.13. The number of hydrazone groups is 1. The molecule has 0 saturated carbocycles. The molecular weight excluding hydrogens is 450 g/mol. The molecule has 0 aliphatic carbocycles. The zero-order chi connectivity index (χ0) is 20.8. The molecule has 6 nitrogen and oxygen atoms in total. The van der Waals surface area contributed by atoms with Gasteiger partial charge in [-0.05, 0) is 29.2 Å². The molecular formula is C21H22BrN5OS. The Morgan fingerprint density at radius 2 is 2.00 bits per heavy atom. The molecule has 0 spiro atoms. The van der Waals surface area contributed by atoms with Gasteiger partial charge in [-0.2, -0.15) is 5.10 Å². The molecule has 1 amide bonds. The minimum Gasteiger partial charge on any atom is -0.305 e. The maximum absolute atomic E-state index is 12.1. The first kappa shape index (κ1) is 21.3. The topological polar surface area (TPSA) is 72.2 Å². The number of hydrogen-bond acceptors (Lipinski definition) is 5. The van der Waals surface area contributed by atoms with Gasteiger partial charge >= 0.3 is 0 Å². The van der Waals surface area contributed by atoms with Crippen LogP contribution in [-0.4, -0.2) is 32.6 Å². The minimum absolute atomic E-state index is 0.197. The zero-order valence-electron chi connectivity index (χ0n) is 16.5. The van der Waals surface area contributed by atoms with Crippen LogP contribution < -0.4 is 5.43 Å². The molecule has 3 aromatic rings. The van der Waals surface area contributed by atoms with E-state index in [0.29, 0.717) is 11.1 Å². The number of hydrogen-bond donors (Lipinski definition) is 1. The third kappa shape index (κ3) is 5.77. The first-order valence-corrected chi connectivity index (χ1v) is 10.9. The van der Waals surface area contributed by atoms with E-state index in [9.17, 15) is 4.79 Å². The van der Waals surface area contributed by atoms with E-state index >= 15 is 0 Å². The largest absolute Gasteiger partial charge is 0.305 e. The monoisotopic (exact) mass is 471 g/mol. The first-order chi connectivity index (χ1) is 13.9. The molecule has 0 aliphatic rings. The van der Waals surface area contributed by atoms with Gasteiger partial charge in [0.05, 0.1) is 12.0 Å². The van der Waals surface area contributed by atoms with E-state index in [0.717, 1.165) is 21.4 Å². The summed E-state index contributed by atoms with van der Waals surface area (Å²) in [5, 5.41) is 13.1. The van der Waals surface area contributed by atoms with Crippen molar-refractivity contribution >= 4 is 39.8 Å². The van der Waals surface area contributed by atoms with Crippen LogP contribution >= 0.6 is 27.7 Å². The van der Waals surface area contributed by atoms with Crippen molar-refractivity contribution in [2.75, 3.05) is 5.75 Å². The van der Waals surface area contributed by atoms with Crippen LogP contribution in [-0.2, 0) is 11.8 Å². The molecule has 1 heterocycles. The average molecular weight is 472 g/mol. The molecule has 0 saturated heterocycles. The van der Waals surface area contributed by atoms with Gasteiger partial charge in [0.1, 0.15) is 0 Å². The van der Waals surface area contributed by atoms with Crippen LogP contribution in [0.15, 0.2) is 63.3 Å². The average Bonchev–Trinajstić information content (AvgIpc) is 3.07. The summed E-state index contributed by atoms with van der Waals surface area (Å²) in [4.78, 5) is 12.1. The molecule has 0 aliphatic heterocycles. The number of rotatable bonds is 7. The molecule has 0 unspecified atom stereocenters. The van der Waals surface area contributed by atoms with E-state index in [1.165, 1.54) is 17.3 Å². The Labute approximate surface area is 182 Å². The van der Waals surface area contributed by atoms with Crippen molar-refractivity contribution in [3.05, 3.63) is 64.1 Å².